The fraction of sp³-hybridized carbons (Fsp3) is 0.389. The normalized spacial score (nSPS) is 30.2. The minimum absolute atomic E-state index is 0.0292. The number of rotatable bonds is 10. The fourth-order valence-corrected chi connectivity index (χ4v) is 4.84. The average molecular weight is 911 g/mol. The zero-order valence-electron chi connectivity index (χ0n) is 55.9. The van der Waals surface area contributed by atoms with Gasteiger partial charge in [0.1, 0.15) is 2.74 Å². The third kappa shape index (κ3) is 11.9. The number of ether oxygens (including phenoxy) is 2. The lowest BCUT2D eigenvalue weighted by atomic mass is 10.2. The van der Waals surface area contributed by atoms with Crippen LogP contribution in [0.1, 0.15) is 49.5 Å². The summed E-state index contributed by atoms with van der Waals surface area (Å²) in [6.07, 6.45) is -2.17. The molecule has 2 fully saturated rings. The second kappa shape index (κ2) is 20.7. The van der Waals surface area contributed by atoms with Gasteiger partial charge >= 0.3 is 0 Å². The van der Waals surface area contributed by atoms with Crippen molar-refractivity contribution in [3.8, 4) is 0 Å². The van der Waals surface area contributed by atoms with E-state index in [-0.39, 0.29) is 48.8 Å². The second-order valence-electron chi connectivity index (χ2n) is 10.3. The van der Waals surface area contributed by atoms with Crippen molar-refractivity contribution < 1.29 is 47.9 Å². The molecule has 0 bridgehead atoms. The second-order valence-corrected chi connectivity index (χ2v) is 12.2. The summed E-state index contributed by atoms with van der Waals surface area (Å²) >= 11 is 28.8. The van der Waals surface area contributed by atoms with Crippen LogP contribution in [-0.2, 0) is 35.6 Å². The Kier molecular flexibility index (Phi) is 7.10. The van der Waals surface area contributed by atoms with Crippen molar-refractivity contribution in [2.24, 2.45) is 5.73 Å². The molecule has 2 aliphatic heterocycles. The van der Waals surface area contributed by atoms with Crippen LogP contribution < -0.4 is 22.2 Å². The van der Waals surface area contributed by atoms with E-state index in [9.17, 15) is 9.59 Å². The number of hydrogen-bond donors (Lipinski definition) is 4. The van der Waals surface area contributed by atoms with Gasteiger partial charge in [0.2, 0.25) is 11.2 Å². The molecule has 304 valence electrons. The number of morpholine rings is 2. The number of benzene rings is 2. The zero-order valence-corrected chi connectivity index (χ0v) is 31.7. The van der Waals surface area contributed by atoms with Gasteiger partial charge in [0, 0.05) is 81.5 Å². The molecule has 57 heavy (non-hydrogen) atoms. The van der Waals surface area contributed by atoms with Crippen molar-refractivity contribution in [3.63, 3.8) is 0 Å². The first-order valence-corrected chi connectivity index (χ1v) is 17.1. The number of halogens is 5. The van der Waals surface area contributed by atoms with Crippen molar-refractivity contribution >= 4 is 86.3 Å². The molecular weight excluding hydrogens is 842 g/mol. The maximum atomic E-state index is 13.1. The number of imidazole rings is 2. The van der Waals surface area contributed by atoms with Crippen LogP contribution in [0.4, 0.5) is 5.95 Å². The maximum Gasteiger partial charge on any atom is 0.278 e. The van der Waals surface area contributed by atoms with Crippen molar-refractivity contribution in [1.82, 2.24) is 48.8 Å². The highest BCUT2D eigenvalue weighted by Gasteiger charge is 2.15. The molecule has 2 saturated heterocycles. The van der Waals surface area contributed by atoms with Crippen LogP contribution >= 0.6 is 58.0 Å². The minimum atomic E-state index is -4.01. The molecule has 0 unspecified atom stereocenters. The smallest absolute Gasteiger partial charge is 0.278 e. The fourth-order valence-electron chi connectivity index (χ4n) is 4.07. The van der Waals surface area contributed by atoms with E-state index in [2.05, 4.69) is 39.7 Å². The molecule has 0 aliphatic carbocycles. The Labute approximate surface area is 391 Å². The molecule has 0 radical (unpaired) electrons. The maximum absolute atomic E-state index is 13.1. The Bertz CT molecular complexity index is 3620. The highest BCUT2D eigenvalue weighted by atomic mass is 35.5. The number of nitrogens with two attached hydrogens (primary N) is 1. The summed E-state index contributed by atoms with van der Waals surface area (Å²) < 4.78 is 234. The van der Waals surface area contributed by atoms with Crippen LogP contribution in [0.15, 0.2) is 58.5 Å². The number of aromatic amines is 2. The molecule has 21 heteroatoms. The number of nitrogens with zero attached hydrogens (tertiary/aromatic N) is 8. The third-order valence-corrected chi connectivity index (χ3v) is 8.17. The van der Waals surface area contributed by atoms with E-state index in [1.165, 1.54) is 12.1 Å². The molecule has 6 heterocycles. The number of aryl methyl sites for hydroxylation is 2. The van der Waals surface area contributed by atoms with Crippen molar-refractivity contribution in [1.29, 1.82) is 0 Å². The van der Waals surface area contributed by atoms with Crippen LogP contribution in [0.5, 0.6) is 0 Å². The molecule has 16 nitrogen and oxygen atoms in total. The van der Waals surface area contributed by atoms with Crippen molar-refractivity contribution in [2.45, 2.75) is 26.1 Å². The highest BCUT2D eigenvalue weighted by molar-refractivity contribution is 6.42. The molecule has 5 N–H and O–H groups in total. The molecule has 2 aromatic carbocycles. The lowest BCUT2D eigenvalue weighted by Crippen LogP contribution is -2.38. The quantitative estimate of drug-likeness (QED) is 0.136. The van der Waals surface area contributed by atoms with E-state index in [1.807, 2.05) is 4.98 Å². The summed E-state index contributed by atoms with van der Waals surface area (Å²) in [5.74, 6) is -0.236. The largest absolute Gasteiger partial charge is 0.379 e. The molecule has 6 aromatic rings. The Morgan fingerprint density at radius 1 is 0.737 bits per heavy atom. The van der Waals surface area contributed by atoms with E-state index >= 15 is 0 Å². The lowest BCUT2D eigenvalue weighted by Gasteiger charge is -2.26. The zero-order chi connectivity index (χ0) is 65.3. The Morgan fingerprint density at radius 2 is 1.23 bits per heavy atom. The van der Waals surface area contributed by atoms with Gasteiger partial charge in [-0.3, -0.25) is 29.4 Å². The summed E-state index contributed by atoms with van der Waals surface area (Å²) in [6.45, 7) is -45.1. The number of hydrogen-bond acceptors (Lipinski definition) is 12. The molecule has 0 atom stereocenters. The number of anilines is 1. The average Bonchev–Trinajstić information content (AvgIpc) is 1.13. The summed E-state index contributed by atoms with van der Waals surface area (Å²) in [5.41, 5.74) is 1.59. The lowest BCUT2D eigenvalue weighted by molar-refractivity contribution is 0.0364. The standard InChI is InChI=1S/C18H20Cl2N6O2.C11H14ClN5O2.C7H7Cl2N/c19-13-2-1-12(9-14(13)20)10-21-18-23-16-15(17(27)24-18)26(11-22-16)4-3-25-5-7-28-8-6-25;12-11-14-9-8(10(18)15-11)17(7-13-9)2-1-16-3-5-19-6-4-16;8-6-2-1-5(4-10)3-7(6)9/h1-2,9,11H,3-8,10H2,(H2,21,23,24,27);7H,1-6H2,(H,14,15,18);1-3H,4,10H2/i2D,3D2,4D2,5D2,6D2,7D2,8D2,11D;1D2,2D2,3D2,4D2,5D2,6D2,7D;2D. The summed E-state index contributed by atoms with van der Waals surface area (Å²) in [6, 6.07) is 6.27. The number of fused-ring (bicyclic) bond motifs is 2. The minimum Gasteiger partial charge on any atom is -0.379 e. The predicted molar refractivity (Wildman–Crippen MR) is 224 cm³/mol. The van der Waals surface area contributed by atoms with E-state index < -0.39 is 139 Å². The topological polar surface area (TPSA) is 190 Å². The molecule has 2 aliphatic rings. The third-order valence-electron chi connectivity index (χ3n) is 6.57. The molecule has 0 spiro atoms. The van der Waals surface area contributed by atoms with E-state index in [0.717, 1.165) is 5.56 Å². The van der Waals surface area contributed by atoms with E-state index in [1.54, 1.807) is 12.1 Å². The summed E-state index contributed by atoms with van der Waals surface area (Å²) in [5, 5.41) is 3.05. The monoisotopic (exact) mass is 908 g/mol. The van der Waals surface area contributed by atoms with Crippen molar-refractivity contribution in [3.05, 3.63) is 106 Å². The molecule has 8 rings (SSSR count). The highest BCUT2D eigenvalue weighted by Crippen LogP contribution is 2.23. The van der Waals surface area contributed by atoms with Gasteiger partial charge < -0.3 is 29.7 Å². The van der Waals surface area contributed by atoms with Crippen LogP contribution in [0.3, 0.4) is 0 Å². The summed E-state index contributed by atoms with van der Waals surface area (Å²) in [4.78, 5) is 43.2. The Balaban J connectivity index is 0.000000236. The predicted octanol–water partition coefficient (Wildman–Crippen LogP) is 4.93. The van der Waals surface area contributed by atoms with Gasteiger partial charge in [-0.05, 0) is 46.9 Å². The molecular formula is C36H41Cl5N12O4. The first-order valence-electron chi connectivity index (χ1n) is 29.2. The summed E-state index contributed by atoms with van der Waals surface area (Å²) in [7, 11) is 0. The van der Waals surface area contributed by atoms with Gasteiger partial charge in [-0.15, -0.1) is 0 Å². The van der Waals surface area contributed by atoms with Crippen LogP contribution in [0, 0.1) is 0 Å². The Morgan fingerprint density at radius 3 is 1.75 bits per heavy atom. The molecule has 4 aromatic heterocycles. The van der Waals surface area contributed by atoms with Crippen molar-refractivity contribution in [2.75, 3.05) is 70.5 Å². The van der Waals surface area contributed by atoms with Gasteiger partial charge in [0.05, 0.1) is 78.1 Å². The molecule has 0 amide bonds. The Hall–Kier alpha value is -3.81. The van der Waals surface area contributed by atoms with Gasteiger partial charge in [0.25, 0.3) is 11.1 Å². The number of aromatic nitrogens is 8. The van der Waals surface area contributed by atoms with E-state index in [0.29, 0.717) is 17.1 Å². The van der Waals surface area contributed by atoms with Crippen LogP contribution in [0.2, 0.25) is 25.4 Å². The van der Waals surface area contributed by atoms with E-state index in [4.69, 9.17) is 102 Å². The molecule has 0 saturated carbocycles. The van der Waals surface area contributed by atoms with Gasteiger partial charge in [-0.1, -0.05) is 58.5 Å². The van der Waals surface area contributed by atoms with Crippen LogP contribution in [0.25, 0.3) is 22.3 Å². The SMILES string of the molecule is [2H]c1cc(CN)cc(Cl)c1Cl.[2H]c1cc(CNc2nc3nc([2H])n(C([2H])([2H])C([2H])([2H])N4C([2H])([2H])C([2H])([2H])OC([2H])([2H])C4([2H])[2H])c3c(=O)[nH]2)cc(Cl)c1Cl.[2H]c1nc2nc(Cl)[nH]c(=O)c2n1C([2H])([2H])C([2H])([2H])N1C([2H])([2H])C([2H])([2H])OC([2H])([2H])C1([2H])[2H]. The van der Waals surface area contributed by atoms with Gasteiger partial charge in [-0.25, -0.2) is 9.97 Å². The first kappa shape index (κ1) is 19.5. The van der Waals surface area contributed by atoms with Crippen LogP contribution in [-0.4, -0.2) is 114 Å². The number of H-pyrrole nitrogens is 2. The van der Waals surface area contributed by atoms with Gasteiger partial charge in [-0.2, -0.15) is 9.97 Å². The first-order chi connectivity index (χ1) is 38.2. The number of nitrogens with one attached hydrogen (secondary N) is 3. The van der Waals surface area contributed by atoms with Gasteiger partial charge in [0.15, 0.2) is 22.3 Å².